The average molecular weight is 391 g/mol. The van der Waals surface area contributed by atoms with Gasteiger partial charge >= 0.3 is 27.8 Å². The van der Waals surface area contributed by atoms with Gasteiger partial charge in [0.05, 0.1) is 0 Å². The largest absolute Gasteiger partial charge is 0 e. The average Bonchev–Trinajstić information content (AvgIpc) is 1.00. The van der Waals surface area contributed by atoms with Crippen LogP contribution < -0.4 is 0 Å². The van der Waals surface area contributed by atoms with Crippen molar-refractivity contribution >= 4 is 26.9 Å². The summed E-state index contributed by atoms with van der Waals surface area (Å²) >= 11 is 1.17. The Morgan fingerprint density at radius 3 is 1.25 bits per heavy atom. The van der Waals surface area contributed by atoms with Gasteiger partial charge in [-0.1, -0.05) is 0 Å². The van der Waals surface area contributed by atoms with E-state index in [0.717, 1.165) is 0 Å². The first-order chi connectivity index (χ1) is 1.00. The Labute approximate surface area is 65.2 Å². The molecule has 0 spiro atoms. The van der Waals surface area contributed by atoms with E-state index in [0.29, 0.717) is 0 Å². The third kappa shape index (κ3) is 8.93. The molecule has 0 heterocycles. The quantitative estimate of drug-likeness (QED) is 0.535. The molecule has 0 atom stereocenters. The fraction of sp³-hybridized carbons (Fsp3) is 0. The molecule has 0 aliphatic rings. The van der Waals surface area contributed by atoms with Gasteiger partial charge in [0.25, 0.3) is 0 Å². The van der Waals surface area contributed by atoms with Gasteiger partial charge in [-0.05, 0) is 0 Å². The zero-order chi connectivity index (χ0) is 2.00. The Balaban J connectivity index is -0.00000000500. The Kier molecular flexibility index (Phi) is 79.8. The molecule has 0 aromatic heterocycles. The van der Waals surface area contributed by atoms with Gasteiger partial charge < -0.3 is 0 Å². The van der Waals surface area contributed by atoms with E-state index in [4.69, 9.17) is 0 Å². The van der Waals surface area contributed by atoms with E-state index in [2.05, 4.69) is 9.82 Å². The van der Waals surface area contributed by atoms with E-state index in [-0.39, 0.29) is 38.1 Å². The minimum absolute atomic E-state index is 0. The first-order valence-electron chi connectivity index (χ1n) is 0.167. The molecule has 0 amide bonds. The number of hydrogen-bond acceptors (Lipinski definition) is 1. The van der Waals surface area contributed by atoms with Crippen LogP contribution in [0.1, 0.15) is 0 Å². The van der Waals surface area contributed by atoms with Crippen LogP contribution in [0.5, 0.6) is 0 Å². The van der Waals surface area contributed by atoms with E-state index >= 15 is 0 Å². The van der Waals surface area contributed by atoms with Gasteiger partial charge in [-0.25, -0.2) is 0 Å². The topological polar surface area (TPSA) is 0 Å². The van der Waals surface area contributed by atoms with E-state index < -0.39 is 0 Å². The summed E-state index contributed by atoms with van der Waals surface area (Å²) in [5, 5.41) is 0. The summed E-state index contributed by atoms with van der Waals surface area (Å²) in [5.74, 6) is 0. The smallest absolute Gasteiger partial charge is 0 e. The zero-order valence-electron chi connectivity index (χ0n) is 1.63. The third-order valence-corrected chi connectivity index (χ3v) is 0. The maximum Gasteiger partial charge on any atom is 0 e. The summed E-state index contributed by atoms with van der Waals surface area (Å²) in [6.07, 6.45) is 0. The summed E-state index contributed by atoms with van der Waals surface area (Å²) in [7, 11) is 4.17. The first-order valence-corrected chi connectivity index (χ1v) is 4.09. The molecular formula is MoSSeW. The molecule has 24 valence electrons. The van der Waals surface area contributed by atoms with Crippen molar-refractivity contribution in [3.8, 4) is 0 Å². The second-order valence-corrected chi connectivity index (χ2v) is 0. The Bertz CT molecular complexity index is 8.00. The molecule has 0 aliphatic heterocycles. The standard InChI is InChI=1S/Mo.S.Se.W. The van der Waals surface area contributed by atoms with E-state index in [1.807, 2.05) is 0 Å². The van der Waals surface area contributed by atoms with Crippen LogP contribution in [-0.2, 0) is 39.1 Å². The van der Waals surface area contributed by atoms with Crippen molar-refractivity contribution in [2.45, 2.75) is 0 Å². The maximum atomic E-state index is 4.17. The predicted octanol–water partition coefficient (Wildman–Crippen LogP) is 0.262. The van der Waals surface area contributed by atoms with Gasteiger partial charge in [0.2, 0.25) is 0 Å². The van der Waals surface area contributed by atoms with Crippen LogP contribution >= 0.6 is 9.82 Å². The second-order valence-electron chi connectivity index (χ2n) is 0. The Hall–Kier alpha value is 2.12. The molecular weight excluding hydrogens is 391 g/mol. The molecule has 0 fully saturated rings. The van der Waals surface area contributed by atoms with Crippen molar-refractivity contribution in [1.29, 1.82) is 0 Å². The van der Waals surface area contributed by atoms with Crippen LogP contribution in [0.4, 0.5) is 0 Å². The van der Waals surface area contributed by atoms with Crippen molar-refractivity contribution < 1.29 is 39.1 Å². The molecule has 0 aromatic carbocycles. The van der Waals surface area contributed by atoms with Gasteiger partial charge in [0.15, 0.2) is 0 Å². The fourth-order valence-electron chi connectivity index (χ4n) is 0. The number of hydrogen-bond donors (Lipinski definition) is 0. The Morgan fingerprint density at radius 1 is 1.25 bits per heavy atom. The minimum Gasteiger partial charge on any atom is 0 e. The monoisotopic (exact) mass is 394 g/mol. The second kappa shape index (κ2) is 19.4. The van der Waals surface area contributed by atoms with Crippen molar-refractivity contribution in [3.63, 3.8) is 0 Å². The molecule has 0 saturated heterocycles. The van der Waals surface area contributed by atoms with Crippen LogP contribution in [-0.4, -0.2) is 17.1 Å². The van der Waals surface area contributed by atoms with Gasteiger partial charge in [0, 0.05) is 38.1 Å². The molecule has 0 nitrogen and oxygen atoms in total. The third-order valence-electron chi connectivity index (χ3n) is 0. The number of rotatable bonds is 0. The minimum atomic E-state index is 0. The van der Waals surface area contributed by atoms with Gasteiger partial charge in [-0.2, -0.15) is 0 Å². The van der Waals surface area contributed by atoms with Crippen LogP contribution in [0.25, 0.3) is 0 Å². The maximum absolute atomic E-state index is 4.17. The van der Waals surface area contributed by atoms with E-state index in [9.17, 15) is 0 Å². The van der Waals surface area contributed by atoms with Crippen molar-refractivity contribution in [1.82, 2.24) is 0 Å². The predicted molar refractivity (Wildman–Crippen MR) is 13.3 cm³/mol. The van der Waals surface area contributed by atoms with E-state index in [1.165, 1.54) is 18.0 Å². The molecule has 0 aromatic rings. The molecule has 0 N–H and O–H groups in total. The SMILES string of the molecule is [Mo].[S]=[W].[Se]. The molecule has 0 rings (SSSR count). The van der Waals surface area contributed by atoms with Crippen LogP contribution in [0.15, 0.2) is 0 Å². The molecule has 0 unspecified atom stereocenters. The van der Waals surface area contributed by atoms with E-state index in [1.54, 1.807) is 0 Å². The van der Waals surface area contributed by atoms with Gasteiger partial charge in [-0.3, -0.25) is 0 Å². The summed E-state index contributed by atoms with van der Waals surface area (Å²) < 4.78 is 0. The molecule has 0 bridgehead atoms. The summed E-state index contributed by atoms with van der Waals surface area (Å²) in [5.41, 5.74) is 0. The van der Waals surface area contributed by atoms with Gasteiger partial charge in [-0.15, -0.1) is 0 Å². The molecule has 0 aliphatic carbocycles. The normalized spacial score (nSPS) is 1.00. The fourth-order valence-corrected chi connectivity index (χ4v) is 0. The Morgan fingerprint density at radius 2 is 1.25 bits per heavy atom. The van der Waals surface area contributed by atoms with Crippen LogP contribution in [0, 0.1) is 0 Å². The van der Waals surface area contributed by atoms with Crippen molar-refractivity contribution in [2.75, 3.05) is 0 Å². The molecule has 0 saturated carbocycles. The van der Waals surface area contributed by atoms with Crippen molar-refractivity contribution in [3.05, 3.63) is 0 Å². The summed E-state index contributed by atoms with van der Waals surface area (Å²) in [4.78, 5) is 0. The molecule has 2 radical (unpaired) electrons. The molecule has 4 heavy (non-hydrogen) atoms. The van der Waals surface area contributed by atoms with Gasteiger partial charge in [0.1, 0.15) is 0 Å². The molecule has 4 heteroatoms. The van der Waals surface area contributed by atoms with Crippen LogP contribution in [0.2, 0.25) is 0 Å². The van der Waals surface area contributed by atoms with Crippen molar-refractivity contribution in [2.24, 2.45) is 0 Å². The first kappa shape index (κ1) is 16.5. The summed E-state index contributed by atoms with van der Waals surface area (Å²) in [6, 6.07) is 0. The van der Waals surface area contributed by atoms with Crippen LogP contribution in [0.3, 0.4) is 0 Å². The summed E-state index contributed by atoms with van der Waals surface area (Å²) in [6.45, 7) is 0. The zero-order valence-corrected chi connectivity index (χ0v) is 9.10.